The number of aliphatic hydroxyl groups excluding tert-OH is 1. The van der Waals surface area contributed by atoms with Gasteiger partial charge in [0.25, 0.3) is 0 Å². The molecule has 3 nitrogen and oxygen atoms in total. The Morgan fingerprint density at radius 1 is 0.882 bits per heavy atom. The van der Waals surface area contributed by atoms with E-state index in [-0.39, 0.29) is 0 Å². The molecule has 0 saturated heterocycles. The zero-order chi connectivity index (χ0) is 13.1. The normalized spacial score (nSPS) is 12.0. The monoisotopic (exact) mass is 244 g/mol. The van der Waals surface area contributed by atoms with Crippen molar-refractivity contribution in [2.24, 2.45) is 0 Å². The van der Waals surface area contributed by atoms with Crippen LogP contribution in [0, 0.1) is 0 Å². The van der Waals surface area contributed by atoms with Crippen molar-refractivity contribution in [3.8, 4) is 0 Å². The van der Waals surface area contributed by atoms with Crippen LogP contribution in [0.4, 0.5) is 0 Å². The smallest absolute Gasteiger partial charge is 0.0431 e. The Labute approximate surface area is 108 Å². The topological polar surface area (TPSA) is 35.5 Å². The fraction of sp³-hybridized carbons (Fsp3) is 1.00. The van der Waals surface area contributed by atoms with E-state index in [1.54, 1.807) is 0 Å². The Hall–Kier alpha value is -0.120. The van der Waals surface area contributed by atoms with E-state index in [9.17, 15) is 0 Å². The van der Waals surface area contributed by atoms with E-state index >= 15 is 0 Å². The zero-order valence-corrected chi connectivity index (χ0v) is 12.2. The van der Waals surface area contributed by atoms with Crippen LogP contribution in [0.15, 0.2) is 0 Å². The molecule has 0 aromatic heterocycles. The summed E-state index contributed by atoms with van der Waals surface area (Å²) >= 11 is 0. The van der Waals surface area contributed by atoms with Crippen molar-refractivity contribution in [2.45, 2.75) is 65.5 Å². The van der Waals surface area contributed by atoms with Crippen molar-refractivity contribution < 1.29 is 5.11 Å². The van der Waals surface area contributed by atoms with Gasteiger partial charge in [0, 0.05) is 31.8 Å². The summed E-state index contributed by atoms with van der Waals surface area (Å²) in [6.07, 6.45) is 4.56. The van der Waals surface area contributed by atoms with Crippen molar-refractivity contribution in [1.29, 1.82) is 0 Å². The van der Waals surface area contributed by atoms with Gasteiger partial charge in [0.05, 0.1) is 0 Å². The lowest BCUT2D eigenvalue weighted by atomic mass is 10.2. The quantitative estimate of drug-likeness (QED) is 0.547. The number of nitrogens with zero attached hydrogens (tertiary/aromatic N) is 1. The third-order valence-electron chi connectivity index (χ3n) is 3.14. The maximum absolute atomic E-state index is 8.65. The number of nitrogens with one attached hydrogen (secondary N) is 1. The molecule has 0 aromatic rings. The number of hydrogen-bond acceptors (Lipinski definition) is 3. The summed E-state index contributed by atoms with van der Waals surface area (Å²) in [6, 6.07) is 1.25. The van der Waals surface area contributed by atoms with Crippen LogP contribution in [0.2, 0.25) is 0 Å². The maximum Gasteiger partial charge on any atom is 0.0431 e. The molecule has 0 aliphatic carbocycles. The molecule has 2 N–H and O–H groups in total. The second-order valence-electron chi connectivity index (χ2n) is 5.31. The molecule has 0 unspecified atom stereocenters. The summed E-state index contributed by atoms with van der Waals surface area (Å²) in [4.78, 5) is 2.51. The van der Waals surface area contributed by atoms with Gasteiger partial charge in [-0.2, -0.15) is 0 Å². The van der Waals surface area contributed by atoms with Gasteiger partial charge in [-0.25, -0.2) is 0 Å². The zero-order valence-electron chi connectivity index (χ0n) is 12.2. The van der Waals surface area contributed by atoms with Crippen molar-refractivity contribution >= 4 is 0 Å². The second-order valence-corrected chi connectivity index (χ2v) is 5.31. The Morgan fingerprint density at radius 3 is 2.00 bits per heavy atom. The first-order valence-electron chi connectivity index (χ1n) is 7.17. The molecule has 0 radical (unpaired) electrons. The molecule has 0 aromatic carbocycles. The van der Waals surface area contributed by atoms with E-state index in [1.165, 1.54) is 12.8 Å². The summed E-state index contributed by atoms with van der Waals surface area (Å²) in [5.74, 6) is 0. The lowest BCUT2D eigenvalue weighted by molar-refractivity contribution is 0.176. The Morgan fingerprint density at radius 2 is 1.47 bits per heavy atom. The largest absolute Gasteiger partial charge is 0.396 e. The number of unbranched alkanes of at least 4 members (excludes halogenated alkanes) is 3. The van der Waals surface area contributed by atoms with Crippen molar-refractivity contribution in [3.63, 3.8) is 0 Å². The first-order chi connectivity index (χ1) is 8.09. The molecule has 0 aliphatic heterocycles. The summed E-state index contributed by atoms with van der Waals surface area (Å²) in [6.45, 7) is 12.7. The summed E-state index contributed by atoms with van der Waals surface area (Å²) < 4.78 is 0. The van der Waals surface area contributed by atoms with Gasteiger partial charge in [-0.3, -0.25) is 4.90 Å². The molecule has 0 fully saturated rings. The maximum atomic E-state index is 8.65. The van der Waals surface area contributed by atoms with E-state index in [4.69, 9.17) is 5.11 Å². The molecule has 0 bridgehead atoms. The lowest BCUT2D eigenvalue weighted by Crippen LogP contribution is -2.41. The molecular weight excluding hydrogens is 212 g/mol. The third kappa shape index (κ3) is 9.57. The molecular formula is C14H32N2O. The summed E-state index contributed by atoms with van der Waals surface area (Å²) in [5, 5.41) is 12.1. The van der Waals surface area contributed by atoms with Gasteiger partial charge >= 0.3 is 0 Å². The summed E-state index contributed by atoms with van der Waals surface area (Å²) in [7, 11) is 0. The molecule has 0 spiro atoms. The molecule has 17 heavy (non-hydrogen) atoms. The van der Waals surface area contributed by atoms with Crippen LogP contribution >= 0.6 is 0 Å². The van der Waals surface area contributed by atoms with Crippen molar-refractivity contribution in [3.05, 3.63) is 0 Å². The van der Waals surface area contributed by atoms with E-state index in [1.807, 2.05) is 0 Å². The highest BCUT2D eigenvalue weighted by Crippen LogP contribution is 2.03. The predicted octanol–water partition coefficient (Wildman–Crippen LogP) is 2.25. The predicted molar refractivity (Wildman–Crippen MR) is 75.4 cm³/mol. The van der Waals surface area contributed by atoms with Gasteiger partial charge in [-0.15, -0.1) is 0 Å². The molecule has 0 atom stereocenters. The standard InChI is InChI=1S/C14H32N2O/c1-13(2)16(14(3)4)11-10-15-9-7-5-6-8-12-17/h13-15,17H,5-12H2,1-4H3. The van der Waals surface area contributed by atoms with E-state index in [0.29, 0.717) is 18.7 Å². The Kier molecular flexibility index (Phi) is 10.9. The van der Waals surface area contributed by atoms with Crippen LogP contribution in [0.25, 0.3) is 0 Å². The fourth-order valence-corrected chi connectivity index (χ4v) is 2.16. The van der Waals surface area contributed by atoms with Crippen LogP contribution in [-0.2, 0) is 0 Å². The van der Waals surface area contributed by atoms with Crippen LogP contribution in [0.5, 0.6) is 0 Å². The van der Waals surface area contributed by atoms with Gasteiger partial charge in [0.2, 0.25) is 0 Å². The fourth-order valence-electron chi connectivity index (χ4n) is 2.16. The van der Waals surface area contributed by atoms with Crippen molar-refractivity contribution in [1.82, 2.24) is 10.2 Å². The van der Waals surface area contributed by atoms with Gasteiger partial charge in [-0.05, 0) is 47.1 Å². The molecule has 0 saturated carbocycles. The molecule has 104 valence electrons. The van der Waals surface area contributed by atoms with Crippen LogP contribution in [-0.4, -0.2) is 48.3 Å². The van der Waals surface area contributed by atoms with Gasteiger partial charge in [-0.1, -0.05) is 12.8 Å². The average molecular weight is 244 g/mol. The lowest BCUT2D eigenvalue weighted by Gasteiger charge is -2.30. The van der Waals surface area contributed by atoms with Crippen molar-refractivity contribution in [2.75, 3.05) is 26.2 Å². The molecule has 3 heteroatoms. The van der Waals surface area contributed by atoms with E-state index in [2.05, 4.69) is 37.9 Å². The van der Waals surface area contributed by atoms with E-state index in [0.717, 1.165) is 32.5 Å². The summed E-state index contributed by atoms with van der Waals surface area (Å²) in [5.41, 5.74) is 0. The Balaban J connectivity index is 3.37. The highest BCUT2D eigenvalue weighted by Gasteiger charge is 2.11. The van der Waals surface area contributed by atoms with Crippen LogP contribution in [0.3, 0.4) is 0 Å². The molecule has 0 amide bonds. The first-order valence-corrected chi connectivity index (χ1v) is 7.17. The molecule has 0 rings (SSSR count). The minimum atomic E-state index is 0.338. The molecule has 0 aliphatic rings. The number of rotatable bonds is 11. The second kappa shape index (κ2) is 11.0. The highest BCUT2D eigenvalue weighted by molar-refractivity contribution is 4.68. The van der Waals surface area contributed by atoms with E-state index < -0.39 is 0 Å². The number of aliphatic hydroxyl groups is 1. The minimum absolute atomic E-state index is 0.338. The average Bonchev–Trinajstić information content (AvgIpc) is 2.26. The first kappa shape index (κ1) is 16.9. The molecule has 0 heterocycles. The van der Waals surface area contributed by atoms with Gasteiger partial charge in [0.15, 0.2) is 0 Å². The van der Waals surface area contributed by atoms with Gasteiger partial charge < -0.3 is 10.4 Å². The highest BCUT2D eigenvalue weighted by atomic mass is 16.2. The Bertz CT molecular complexity index is 152. The number of hydrogen-bond donors (Lipinski definition) is 2. The third-order valence-corrected chi connectivity index (χ3v) is 3.14. The van der Waals surface area contributed by atoms with Gasteiger partial charge in [0.1, 0.15) is 0 Å². The minimum Gasteiger partial charge on any atom is -0.396 e. The van der Waals surface area contributed by atoms with Crippen LogP contribution < -0.4 is 5.32 Å². The SMILES string of the molecule is CC(C)N(CCNCCCCCCO)C(C)C. The van der Waals surface area contributed by atoms with Crippen LogP contribution in [0.1, 0.15) is 53.4 Å².